The molecular weight excluding hydrogens is 370 g/mol. The quantitative estimate of drug-likeness (QED) is 0.609. The van der Waals surface area contributed by atoms with Gasteiger partial charge in [-0.1, -0.05) is 49.4 Å². The molecule has 2 aromatic carbocycles. The number of anilines is 1. The fourth-order valence-corrected chi connectivity index (χ4v) is 2.94. The number of carboxylic acids is 1. The number of carbonyl (C=O) groups is 3. The fraction of sp³-hybridized carbons (Fsp3) is 0.348. The van der Waals surface area contributed by atoms with E-state index in [9.17, 15) is 14.4 Å². The van der Waals surface area contributed by atoms with E-state index >= 15 is 0 Å². The van der Waals surface area contributed by atoms with Crippen molar-refractivity contribution >= 4 is 23.5 Å². The van der Waals surface area contributed by atoms with Gasteiger partial charge in [0, 0.05) is 18.7 Å². The topological polar surface area (TPSA) is 83.9 Å². The summed E-state index contributed by atoms with van der Waals surface area (Å²) in [6.07, 6.45) is 0.104. The van der Waals surface area contributed by atoms with Gasteiger partial charge in [0.05, 0.1) is 18.9 Å². The maximum Gasteiger partial charge on any atom is 0.308 e. The second kappa shape index (κ2) is 11.0. The summed E-state index contributed by atoms with van der Waals surface area (Å²) < 4.78 is 5.03. The van der Waals surface area contributed by atoms with Crippen molar-refractivity contribution in [3.63, 3.8) is 0 Å². The van der Waals surface area contributed by atoms with Gasteiger partial charge in [0.1, 0.15) is 0 Å². The number of nitrogens with zero attached hydrogens (tertiary/aromatic N) is 1. The van der Waals surface area contributed by atoms with Gasteiger partial charge >= 0.3 is 11.9 Å². The van der Waals surface area contributed by atoms with Gasteiger partial charge in [-0.2, -0.15) is 0 Å². The molecule has 0 unspecified atom stereocenters. The first-order valence-corrected chi connectivity index (χ1v) is 9.76. The molecule has 0 spiro atoms. The Morgan fingerprint density at radius 3 is 2.17 bits per heavy atom. The Hall–Kier alpha value is -3.15. The fourth-order valence-electron chi connectivity index (χ4n) is 2.94. The molecule has 0 aliphatic rings. The molecule has 0 heterocycles. The van der Waals surface area contributed by atoms with E-state index in [1.807, 2.05) is 54.6 Å². The van der Waals surface area contributed by atoms with Crippen LogP contribution in [0.15, 0.2) is 54.6 Å². The molecule has 0 bridgehead atoms. The van der Waals surface area contributed by atoms with Gasteiger partial charge in [0.15, 0.2) is 0 Å². The Morgan fingerprint density at radius 2 is 1.59 bits per heavy atom. The summed E-state index contributed by atoms with van der Waals surface area (Å²) in [6, 6.07) is 17.4. The smallest absolute Gasteiger partial charge is 0.308 e. The molecule has 0 aromatic heterocycles. The molecule has 2 rings (SSSR count). The lowest BCUT2D eigenvalue weighted by Gasteiger charge is -2.24. The molecule has 154 valence electrons. The van der Waals surface area contributed by atoms with Crippen LogP contribution in [0.2, 0.25) is 0 Å². The predicted octanol–water partition coefficient (Wildman–Crippen LogP) is 4.14. The molecule has 0 radical (unpaired) electrons. The zero-order valence-corrected chi connectivity index (χ0v) is 16.8. The number of carbonyl (C=O) groups excluding carboxylic acids is 2. The SMILES string of the molecule is CCOC(=O)[C@H](C)CCN(C(=O)CCC(=O)O)c1ccc(-c2ccccc2)cc1. The van der Waals surface area contributed by atoms with Crippen molar-refractivity contribution in [2.24, 2.45) is 5.92 Å². The van der Waals surface area contributed by atoms with E-state index in [2.05, 4.69) is 0 Å². The molecule has 1 amide bonds. The molecule has 0 aliphatic carbocycles. The average molecular weight is 397 g/mol. The van der Waals surface area contributed by atoms with E-state index in [1.165, 1.54) is 0 Å². The zero-order chi connectivity index (χ0) is 21.2. The van der Waals surface area contributed by atoms with Crippen LogP contribution in [0.1, 0.15) is 33.1 Å². The van der Waals surface area contributed by atoms with E-state index in [-0.39, 0.29) is 30.6 Å². The third kappa shape index (κ3) is 6.75. The van der Waals surface area contributed by atoms with Crippen molar-refractivity contribution in [2.45, 2.75) is 33.1 Å². The van der Waals surface area contributed by atoms with Gasteiger partial charge < -0.3 is 14.7 Å². The highest BCUT2D eigenvalue weighted by Gasteiger charge is 2.21. The largest absolute Gasteiger partial charge is 0.481 e. The van der Waals surface area contributed by atoms with Gasteiger partial charge in [-0.25, -0.2) is 0 Å². The number of rotatable bonds is 10. The van der Waals surface area contributed by atoms with Crippen molar-refractivity contribution in [1.82, 2.24) is 0 Å². The van der Waals surface area contributed by atoms with Crippen molar-refractivity contribution in [2.75, 3.05) is 18.1 Å². The molecule has 0 saturated carbocycles. The van der Waals surface area contributed by atoms with Crippen LogP contribution in [-0.4, -0.2) is 36.1 Å². The maximum atomic E-state index is 12.7. The van der Waals surface area contributed by atoms with Crippen molar-refractivity contribution < 1.29 is 24.2 Å². The van der Waals surface area contributed by atoms with Crippen LogP contribution >= 0.6 is 0 Å². The third-order valence-corrected chi connectivity index (χ3v) is 4.61. The Morgan fingerprint density at radius 1 is 0.966 bits per heavy atom. The minimum atomic E-state index is -1.02. The first-order valence-electron chi connectivity index (χ1n) is 9.76. The molecule has 0 saturated heterocycles. The molecular formula is C23H27NO5. The summed E-state index contributed by atoms with van der Waals surface area (Å²) in [5, 5.41) is 8.90. The van der Waals surface area contributed by atoms with Gasteiger partial charge in [0.2, 0.25) is 5.91 Å². The van der Waals surface area contributed by atoms with Crippen molar-refractivity contribution in [3.8, 4) is 11.1 Å². The van der Waals surface area contributed by atoms with Gasteiger partial charge in [0.25, 0.3) is 0 Å². The molecule has 29 heavy (non-hydrogen) atoms. The summed E-state index contributed by atoms with van der Waals surface area (Å²) in [5.41, 5.74) is 2.77. The lowest BCUT2D eigenvalue weighted by molar-refractivity contribution is -0.147. The van der Waals surface area contributed by atoms with Crippen molar-refractivity contribution in [3.05, 3.63) is 54.6 Å². The summed E-state index contributed by atoms with van der Waals surface area (Å²) in [6.45, 7) is 4.13. The van der Waals surface area contributed by atoms with Crippen LogP contribution in [0.3, 0.4) is 0 Å². The molecule has 6 heteroatoms. The normalized spacial score (nSPS) is 11.5. The molecule has 6 nitrogen and oxygen atoms in total. The minimum absolute atomic E-state index is 0.0937. The first-order chi connectivity index (χ1) is 13.9. The Bertz CT molecular complexity index is 817. The van der Waals surface area contributed by atoms with E-state index in [0.717, 1.165) is 11.1 Å². The highest BCUT2D eigenvalue weighted by Crippen LogP contribution is 2.24. The van der Waals surface area contributed by atoms with Gasteiger partial charge in [-0.3, -0.25) is 14.4 Å². The maximum absolute atomic E-state index is 12.7. The number of esters is 1. The molecule has 1 atom stereocenters. The Kier molecular flexibility index (Phi) is 8.40. The monoisotopic (exact) mass is 397 g/mol. The Labute approximate surface area is 171 Å². The van der Waals surface area contributed by atoms with E-state index in [1.54, 1.807) is 18.7 Å². The molecule has 0 aliphatic heterocycles. The zero-order valence-electron chi connectivity index (χ0n) is 16.8. The summed E-state index contributed by atoms with van der Waals surface area (Å²) in [4.78, 5) is 36.9. The summed E-state index contributed by atoms with van der Waals surface area (Å²) in [5.74, 6) is -1.95. The number of ether oxygens (including phenoxy) is 1. The first kappa shape index (κ1) is 22.1. The number of carboxylic acid groups (broad SMARTS) is 1. The molecule has 1 N–H and O–H groups in total. The van der Waals surface area contributed by atoms with Crippen molar-refractivity contribution in [1.29, 1.82) is 0 Å². The van der Waals surface area contributed by atoms with Gasteiger partial charge in [-0.05, 0) is 36.6 Å². The van der Waals surface area contributed by atoms with Crippen LogP contribution < -0.4 is 4.90 Å². The summed E-state index contributed by atoms with van der Waals surface area (Å²) >= 11 is 0. The minimum Gasteiger partial charge on any atom is -0.481 e. The lowest BCUT2D eigenvalue weighted by Crippen LogP contribution is -2.34. The van der Waals surface area contributed by atoms with Crippen LogP contribution in [-0.2, 0) is 19.1 Å². The number of aliphatic carboxylic acids is 1. The molecule has 0 fully saturated rings. The van der Waals surface area contributed by atoms with E-state index in [0.29, 0.717) is 25.3 Å². The predicted molar refractivity (Wildman–Crippen MR) is 112 cm³/mol. The van der Waals surface area contributed by atoms with Crippen LogP contribution in [0.4, 0.5) is 5.69 Å². The highest BCUT2D eigenvalue weighted by molar-refractivity contribution is 5.95. The van der Waals surface area contributed by atoms with Crippen LogP contribution in [0.5, 0.6) is 0 Å². The second-order valence-corrected chi connectivity index (χ2v) is 6.79. The van der Waals surface area contributed by atoms with Crippen LogP contribution in [0.25, 0.3) is 11.1 Å². The lowest BCUT2D eigenvalue weighted by atomic mass is 10.0. The number of hydrogen-bond acceptors (Lipinski definition) is 4. The Balaban J connectivity index is 2.16. The standard InChI is InChI=1S/C23H27NO5/c1-3-29-23(28)17(2)15-16-24(21(25)13-14-22(26)27)20-11-9-19(10-12-20)18-7-5-4-6-8-18/h4-12,17H,3,13-16H2,1-2H3,(H,26,27)/t17-/m1/s1. The van der Waals surface area contributed by atoms with Crippen LogP contribution in [0, 0.1) is 5.92 Å². The number of hydrogen-bond donors (Lipinski definition) is 1. The highest BCUT2D eigenvalue weighted by atomic mass is 16.5. The third-order valence-electron chi connectivity index (χ3n) is 4.61. The number of benzene rings is 2. The second-order valence-electron chi connectivity index (χ2n) is 6.79. The average Bonchev–Trinajstić information content (AvgIpc) is 2.73. The summed E-state index contributed by atoms with van der Waals surface area (Å²) in [7, 11) is 0. The van der Waals surface area contributed by atoms with E-state index < -0.39 is 5.97 Å². The number of amides is 1. The molecule has 2 aromatic rings. The van der Waals surface area contributed by atoms with E-state index in [4.69, 9.17) is 9.84 Å². The van der Waals surface area contributed by atoms with Gasteiger partial charge in [-0.15, -0.1) is 0 Å².